The summed E-state index contributed by atoms with van der Waals surface area (Å²) in [6.45, 7) is 0. The van der Waals surface area contributed by atoms with E-state index in [1.54, 1.807) is 24.3 Å². The molecular formula is C11H9ClFN. The Balaban J connectivity index is 2.82. The summed E-state index contributed by atoms with van der Waals surface area (Å²) in [5, 5.41) is 8.29. The lowest BCUT2D eigenvalue weighted by molar-refractivity contribution is 0.616. The second-order valence-corrected chi connectivity index (χ2v) is 3.02. The van der Waals surface area contributed by atoms with E-state index in [1.807, 2.05) is 6.07 Å². The number of hydrogen-bond acceptors (Lipinski definition) is 1. The molecule has 0 spiro atoms. The Morgan fingerprint density at radius 1 is 1.50 bits per heavy atom. The Hall–Kier alpha value is -1.33. The standard InChI is InChI=1S/C11H9ClFN/c12-8-10-5-4-9(7-11(10)13)3-1-2-6-14/h1,3-5,7H,2,8H2. The van der Waals surface area contributed by atoms with E-state index >= 15 is 0 Å². The predicted octanol–water partition coefficient (Wildman–Crippen LogP) is 3.49. The van der Waals surface area contributed by atoms with E-state index in [2.05, 4.69) is 0 Å². The average Bonchev–Trinajstić information content (AvgIpc) is 2.18. The van der Waals surface area contributed by atoms with Crippen LogP contribution in [-0.4, -0.2) is 0 Å². The Kier molecular flexibility index (Phi) is 4.15. The van der Waals surface area contributed by atoms with Crippen LogP contribution in [0, 0.1) is 17.1 Å². The highest BCUT2D eigenvalue weighted by Crippen LogP contribution is 2.13. The number of hydrogen-bond donors (Lipinski definition) is 0. The second kappa shape index (κ2) is 5.41. The lowest BCUT2D eigenvalue weighted by Gasteiger charge is -1.99. The molecule has 1 aromatic rings. The second-order valence-electron chi connectivity index (χ2n) is 2.75. The topological polar surface area (TPSA) is 23.8 Å². The summed E-state index contributed by atoms with van der Waals surface area (Å²) in [4.78, 5) is 0. The number of nitriles is 1. The van der Waals surface area contributed by atoms with E-state index in [0.29, 0.717) is 12.0 Å². The maximum atomic E-state index is 13.2. The minimum Gasteiger partial charge on any atom is -0.207 e. The van der Waals surface area contributed by atoms with Crippen LogP contribution in [0.1, 0.15) is 17.5 Å². The summed E-state index contributed by atoms with van der Waals surface area (Å²) in [7, 11) is 0. The monoisotopic (exact) mass is 209 g/mol. The van der Waals surface area contributed by atoms with Crippen LogP contribution in [0.25, 0.3) is 6.08 Å². The minimum absolute atomic E-state index is 0.175. The highest BCUT2D eigenvalue weighted by atomic mass is 35.5. The summed E-state index contributed by atoms with van der Waals surface area (Å²) in [6.07, 6.45) is 3.73. The Bertz CT molecular complexity index is 379. The molecule has 0 radical (unpaired) electrons. The van der Waals surface area contributed by atoms with Gasteiger partial charge in [-0.3, -0.25) is 0 Å². The molecule has 0 amide bonds. The predicted molar refractivity (Wildman–Crippen MR) is 55.2 cm³/mol. The van der Waals surface area contributed by atoms with Crippen molar-refractivity contribution in [3.05, 3.63) is 41.2 Å². The van der Waals surface area contributed by atoms with Gasteiger partial charge in [0.25, 0.3) is 0 Å². The van der Waals surface area contributed by atoms with Gasteiger partial charge in [0.2, 0.25) is 0 Å². The van der Waals surface area contributed by atoms with Gasteiger partial charge in [0.15, 0.2) is 0 Å². The number of alkyl halides is 1. The third-order valence-electron chi connectivity index (χ3n) is 1.74. The Morgan fingerprint density at radius 2 is 2.29 bits per heavy atom. The minimum atomic E-state index is -0.306. The molecule has 0 unspecified atom stereocenters. The zero-order valence-corrected chi connectivity index (χ0v) is 8.26. The fraction of sp³-hybridized carbons (Fsp3) is 0.182. The molecule has 1 rings (SSSR count). The van der Waals surface area contributed by atoms with Crippen LogP contribution < -0.4 is 0 Å². The lowest BCUT2D eigenvalue weighted by atomic mass is 10.1. The molecule has 1 nitrogen and oxygen atoms in total. The first-order valence-electron chi connectivity index (χ1n) is 4.16. The number of allylic oxidation sites excluding steroid dienone is 1. The Labute approximate surface area is 87.4 Å². The molecule has 0 heterocycles. The summed E-state index contributed by atoms with van der Waals surface area (Å²) in [5.74, 6) is -0.132. The molecule has 14 heavy (non-hydrogen) atoms. The van der Waals surface area contributed by atoms with Crippen molar-refractivity contribution in [1.29, 1.82) is 5.26 Å². The molecule has 3 heteroatoms. The first kappa shape index (κ1) is 10.7. The molecule has 0 aromatic heterocycles. The van der Waals surface area contributed by atoms with E-state index < -0.39 is 0 Å². The summed E-state index contributed by atoms with van der Waals surface area (Å²) in [6, 6.07) is 6.80. The van der Waals surface area contributed by atoms with E-state index in [0.717, 1.165) is 5.56 Å². The first-order chi connectivity index (χ1) is 6.77. The molecule has 0 fully saturated rings. The van der Waals surface area contributed by atoms with E-state index in [4.69, 9.17) is 16.9 Å². The van der Waals surface area contributed by atoms with Crippen LogP contribution in [0.4, 0.5) is 4.39 Å². The maximum Gasteiger partial charge on any atom is 0.128 e. The molecule has 0 bridgehead atoms. The van der Waals surface area contributed by atoms with Gasteiger partial charge in [-0.05, 0) is 11.6 Å². The van der Waals surface area contributed by atoms with Crippen molar-refractivity contribution < 1.29 is 4.39 Å². The molecule has 0 aliphatic heterocycles. The average molecular weight is 210 g/mol. The summed E-state index contributed by atoms with van der Waals surface area (Å²) in [5.41, 5.74) is 1.23. The normalized spacial score (nSPS) is 10.4. The summed E-state index contributed by atoms with van der Waals surface area (Å²) < 4.78 is 13.2. The van der Waals surface area contributed by atoms with Gasteiger partial charge in [-0.25, -0.2) is 4.39 Å². The molecule has 0 aliphatic rings. The van der Waals surface area contributed by atoms with Gasteiger partial charge in [-0.1, -0.05) is 24.3 Å². The van der Waals surface area contributed by atoms with Gasteiger partial charge >= 0.3 is 0 Å². The van der Waals surface area contributed by atoms with E-state index in [9.17, 15) is 4.39 Å². The number of nitrogens with zero attached hydrogens (tertiary/aromatic N) is 1. The third kappa shape index (κ3) is 2.86. The van der Waals surface area contributed by atoms with E-state index in [1.165, 1.54) is 6.07 Å². The SMILES string of the molecule is N#CCC=Cc1ccc(CCl)c(F)c1. The van der Waals surface area contributed by atoms with Crippen LogP contribution in [-0.2, 0) is 5.88 Å². The largest absolute Gasteiger partial charge is 0.207 e. The number of benzene rings is 1. The van der Waals surface area contributed by atoms with Crippen molar-refractivity contribution in [2.75, 3.05) is 0 Å². The highest BCUT2D eigenvalue weighted by molar-refractivity contribution is 6.17. The lowest BCUT2D eigenvalue weighted by Crippen LogP contribution is -1.86. The number of halogens is 2. The molecule has 72 valence electrons. The van der Waals surface area contributed by atoms with E-state index in [-0.39, 0.29) is 11.7 Å². The zero-order chi connectivity index (χ0) is 10.4. The van der Waals surface area contributed by atoms with Crippen molar-refractivity contribution in [3.8, 4) is 6.07 Å². The van der Waals surface area contributed by atoms with Gasteiger partial charge in [0.05, 0.1) is 18.4 Å². The van der Waals surface area contributed by atoms with Crippen LogP contribution in [0.5, 0.6) is 0 Å². The van der Waals surface area contributed by atoms with Gasteiger partial charge in [0, 0.05) is 5.56 Å². The van der Waals surface area contributed by atoms with Gasteiger partial charge in [-0.2, -0.15) is 5.26 Å². The smallest absolute Gasteiger partial charge is 0.128 e. The summed E-state index contributed by atoms with van der Waals surface area (Å²) >= 11 is 5.51. The molecular weight excluding hydrogens is 201 g/mol. The van der Waals surface area contributed by atoms with Crippen LogP contribution >= 0.6 is 11.6 Å². The van der Waals surface area contributed by atoms with Crippen LogP contribution in [0.15, 0.2) is 24.3 Å². The molecule has 0 N–H and O–H groups in total. The van der Waals surface area contributed by atoms with Crippen LogP contribution in [0.2, 0.25) is 0 Å². The molecule has 1 aromatic carbocycles. The molecule has 0 saturated carbocycles. The fourth-order valence-electron chi connectivity index (χ4n) is 1.02. The fourth-order valence-corrected chi connectivity index (χ4v) is 1.24. The first-order valence-corrected chi connectivity index (χ1v) is 4.69. The maximum absolute atomic E-state index is 13.2. The van der Waals surface area contributed by atoms with Crippen molar-refractivity contribution in [2.45, 2.75) is 12.3 Å². The molecule has 0 atom stereocenters. The van der Waals surface area contributed by atoms with Crippen molar-refractivity contribution in [2.24, 2.45) is 0 Å². The van der Waals surface area contributed by atoms with Gasteiger partial charge < -0.3 is 0 Å². The zero-order valence-electron chi connectivity index (χ0n) is 7.50. The van der Waals surface area contributed by atoms with Crippen molar-refractivity contribution in [3.63, 3.8) is 0 Å². The quantitative estimate of drug-likeness (QED) is 0.699. The van der Waals surface area contributed by atoms with Crippen molar-refractivity contribution >= 4 is 17.7 Å². The van der Waals surface area contributed by atoms with Crippen molar-refractivity contribution in [1.82, 2.24) is 0 Å². The van der Waals surface area contributed by atoms with Gasteiger partial charge in [-0.15, -0.1) is 11.6 Å². The number of rotatable bonds is 3. The Morgan fingerprint density at radius 3 is 2.86 bits per heavy atom. The molecule has 0 saturated heterocycles. The van der Waals surface area contributed by atoms with Crippen LogP contribution in [0.3, 0.4) is 0 Å². The highest BCUT2D eigenvalue weighted by Gasteiger charge is 1.99. The van der Waals surface area contributed by atoms with Gasteiger partial charge in [0.1, 0.15) is 5.82 Å². The third-order valence-corrected chi connectivity index (χ3v) is 2.03. The molecule has 0 aliphatic carbocycles.